The number of aliphatic hydroxyl groups excluding tert-OH is 1. The van der Waals surface area contributed by atoms with Crippen LogP contribution >= 0.6 is 0 Å². The third kappa shape index (κ3) is 1.88. The number of nitrogens with zero attached hydrogens (tertiary/aromatic N) is 2. The Morgan fingerprint density at radius 3 is 2.65 bits per heavy atom. The molecule has 0 spiro atoms. The fraction of sp³-hybridized carbons (Fsp3) is 0.846. The lowest BCUT2D eigenvalue weighted by atomic mass is 9.87. The van der Waals surface area contributed by atoms with Crippen molar-refractivity contribution in [2.75, 3.05) is 0 Å². The van der Waals surface area contributed by atoms with E-state index in [1.165, 1.54) is 0 Å². The number of hydrogen-bond acceptors (Lipinski definition) is 3. The molecule has 1 amide bonds. The van der Waals surface area contributed by atoms with Crippen LogP contribution < -0.4 is 0 Å². The molecule has 3 aliphatic rings. The second-order valence-corrected chi connectivity index (χ2v) is 5.49. The first kappa shape index (κ1) is 11.2. The first-order valence-electron chi connectivity index (χ1n) is 6.86. The predicted octanol–water partition coefficient (Wildman–Crippen LogP) is 1.68. The number of hydrogen-bond donors (Lipinski definition) is 1. The predicted molar refractivity (Wildman–Crippen MR) is 64.5 cm³/mol. The molecule has 0 aromatic carbocycles. The van der Waals surface area contributed by atoms with Crippen molar-refractivity contribution in [1.29, 1.82) is 0 Å². The molecule has 2 aliphatic carbocycles. The summed E-state index contributed by atoms with van der Waals surface area (Å²) in [7, 11) is 0. The second-order valence-electron chi connectivity index (χ2n) is 5.49. The molecule has 0 saturated heterocycles. The van der Waals surface area contributed by atoms with Gasteiger partial charge in [-0.1, -0.05) is 19.3 Å². The molecule has 4 nitrogen and oxygen atoms in total. The van der Waals surface area contributed by atoms with E-state index in [0.29, 0.717) is 0 Å². The molecule has 1 N–H and O–H groups in total. The third-order valence-electron chi connectivity index (χ3n) is 4.35. The Morgan fingerprint density at radius 1 is 1.12 bits per heavy atom. The maximum absolute atomic E-state index is 12.3. The SMILES string of the molecule is O=C1C2CCCCC2=NN1C1CCCCC1O. The zero-order valence-corrected chi connectivity index (χ0v) is 10.1. The Balaban J connectivity index is 1.79. The molecule has 2 saturated carbocycles. The van der Waals surface area contributed by atoms with Crippen LogP contribution in [0.5, 0.6) is 0 Å². The molecule has 0 bridgehead atoms. The van der Waals surface area contributed by atoms with Crippen LogP contribution in [0.2, 0.25) is 0 Å². The Labute approximate surface area is 102 Å². The quantitative estimate of drug-likeness (QED) is 0.753. The fourth-order valence-corrected chi connectivity index (χ4v) is 3.34. The van der Waals surface area contributed by atoms with Gasteiger partial charge in [0.2, 0.25) is 0 Å². The average molecular weight is 236 g/mol. The molecule has 4 heteroatoms. The zero-order chi connectivity index (χ0) is 11.8. The summed E-state index contributed by atoms with van der Waals surface area (Å²) in [5, 5.41) is 16.1. The van der Waals surface area contributed by atoms with E-state index in [1.807, 2.05) is 0 Å². The minimum Gasteiger partial charge on any atom is -0.391 e. The number of aliphatic hydroxyl groups is 1. The largest absolute Gasteiger partial charge is 0.391 e. The number of carbonyl (C=O) groups excluding carboxylic acids is 1. The van der Waals surface area contributed by atoms with E-state index in [0.717, 1.165) is 57.1 Å². The Morgan fingerprint density at radius 2 is 1.88 bits per heavy atom. The lowest BCUT2D eigenvalue weighted by molar-refractivity contribution is -0.137. The van der Waals surface area contributed by atoms with Gasteiger partial charge in [-0.05, 0) is 32.1 Å². The van der Waals surface area contributed by atoms with Gasteiger partial charge in [-0.25, -0.2) is 5.01 Å². The van der Waals surface area contributed by atoms with Gasteiger partial charge in [0, 0.05) is 0 Å². The van der Waals surface area contributed by atoms with Crippen LogP contribution in [0.15, 0.2) is 5.10 Å². The summed E-state index contributed by atoms with van der Waals surface area (Å²) < 4.78 is 0. The minimum absolute atomic E-state index is 0.0397. The zero-order valence-electron chi connectivity index (χ0n) is 10.1. The summed E-state index contributed by atoms with van der Waals surface area (Å²) in [5.41, 5.74) is 1.07. The van der Waals surface area contributed by atoms with E-state index in [4.69, 9.17) is 0 Å². The molecule has 17 heavy (non-hydrogen) atoms. The Bertz CT molecular complexity index is 353. The maximum atomic E-state index is 12.3. The molecule has 1 aliphatic heterocycles. The minimum atomic E-state index is -0.378. The number of hydrazone groups is 1. The van der Waals surface area contributed by atoms with Gasteiger partial charge in [-0.15, -0.1) is 0 Å². The second kappa shape index (κ2) is 4.41. The highest BCUT2D eigenvalue weighted by atomic mass is 16.3. The van der Waals surface area contributed by atoms with Crippen molar-refractivity contribution in [1.82, 2.24) is 5.01 Å². The molecule has 3 unspecified atom stereocenters. The first-order chi connectivity index (χ1) is 8.27. The van der Waals surface area contributed by atoms with Crippen molar-refractivity contribution >= 4 is 11.6 Å². The van der Waals surface area contributed by atoms with Crippen LogP contribution in [0.25, 0.3) is 0 Å². The van der Waals surface area contributed by atoms with E-state index in [2.05, 4.69) is 5.10 Å². The standard InChI is InChI=1S/C13H20N2O2/c16-12-8-4-3-7-11(12)15-13(17)9-5-1-2-6-10(9)14-15/h9,11-12,16H,1-8H2. The normalized spacial score (nSPS) is 37.9. The van der Waals surface area contributed by atoms with E-state index in [1.54, 1.807) is 5.01 Å². The van der Waals surface area contributed by atoms with Crippen molar-refractivity contribution in [2.24, 2.45) is 11.0 Å². The van der Waals surface area contributed by atoms with Gasteiger partial charge in [0.05, 0.1) is 23.8 Å². The summed E-state index contributed by atoms with van der Waals surface area (Å²) >= 11 is 0. The monoisotopic (exact) mass is 236 g/mol. The molecule has 3 atom stereocenters. The Hall–Kier alpha value is -0.900. The highest BCUT2D eigenvalue weighted by Gasteiger charge is 2.42. The molecule has 1 heterocycles. The van der Waals surface area contributed by atoms with Crippen LogP contribution in [-0.4, -0.2) is 33.9 Å². The summed E-state index contributed by atoms with van der Waals surface area (Å²) in [4.78, 5) is 12.3. The van der Waals surface area contributed by atoms with Gasteiger partial charge >= 0.3 is 0 Å². The van der Waals surface area contributed by atoms with Gasteiger partial charge in [0.1, 0.15) is 0 Å². The van der Waals surface area contributed by atoms with Gasteiger partial charge in [0.25, 0.3) is 5.91 Å². The lowest BCUT2D eigenvalue weighted by Crippen LogP contribution is -2.45. The van der Waals surface area contributed by atoms with E-state index in [-0.39, 0.29) is 24.0 Å². The van der Waals surface area contributed by atoms with Gasteiger partial charge in [-0.2, -0.15) is 5.10 Å². The average Bonchev–Trinajstić information content (AvgIpc) is 2.68. The fourth-order valence-electron chi connectivity index (χ4n) is 3.34. The summed E-state index contributed by atoms with van der Waals surface area (Å²) in [6.07, 6.45) is 7.71. The molecule has 2 fully saturated rings. The molecular formula is C13H20N2O2. The van der Waals surface area contributed by atoms with Crippen LogP contribution in [0.1, 0.15) is 51.4 Å². The van der Waals surface area contributed by atoms with Crippen LogP contribution in [0.4, 0.5) is 0 Å². The van der Waals surface area contributed by atoms with Crippen molar-refractivity contribution in [3.63, 3.8) is 0 Å². The molecule has 0 aromatic heterocycles. The molecule has 0 aromatic rings. The number of rotatable bonds is 1. The smallest absolute Gasteiger partial charge is 0.251 e. The summed E-state index contributed by atoms with van der Waals surface area (Å²) in [6.45, 7) is 0. The molecule has 0 radical (unpaired) electrons. The van der Waals surface area contributed by atoms with Gasteiger partial charge in [-0.3, -0.25) is 4.79 Å². The highest BCUT2D eigenvalue weighted by Crippen LogP contribution is 2.33. The topological polar surface area (TPSA) is 52.9 Å². The maximum Gasteiger partial charge on any atom is 0.251 e. The number of carbonyl (C=O) groups is 1. The van der Waals surface area contributed by atoms with E-state index < -0.39 is 0 Å². The van der Waals surface area contributed by atoms with Crippen molar-refractivity contribution in [3.8, 4) is 0 Å². The van der Waals surface area contributed by atoms with Crippen molar-refractivity contribution in [2.45, 2.75) is 63.5 Å². The lowest BCUT2D eigenvalue weighted by Gasteiger charge is -2.32. The highest BCUT2D eigenvalue weighted by molar-refractivity contribution is 6.08. The molecular weight excluding hydrogens is 216 g/mol. The molecule has 3 rings (SSSR count). The van der Waals surface area contributed by atoms with Gasteiger partial charge < -0.3 is 5.11 Å². The molecule has 94 valence electrons. The Kier molecular flexibility index (Phi) is 2.90. The third-order valence-corrected chi connectivity index (χ3v) is 4.35. The van der Waals surface area contributed by atoms with Crippen molar-refractivity contribution in [3.05, 3.63) is 0 Å². The van der Waals surface area contributed by atoms with E-state index >= 15 is 0 Å². The van der Waals surface area contributed by atoms with Gasteiger partial charge in [0.15, 0.2) is 0 Å². The number of amides is 1. The van der Waals surface area contributed by atoms with Crippen LogP contribution in [0.3, 0.4) is 0 Å². The number of fused-ring (bicyclic) bond motifs is 1. The van der Waals surface area contributed by atoms with Crippen molar-refractivity contribution < 1.29 is 9.90 Å². The van der Waals surface area contributed by atoms with Crippen LogP contribution in [-0.2, 0) is 4.79 Å². The summed E-state index contributed by atoms with van der Waals surface area (Å²) in [6, 6.07) is -0.0608. The summed E-state index contributed by atoms with van der Waals surface area (Å²) in [5.74, 6) is 0.184. The van der Waals surface area contributed by atoms with E-state index in [9.17, 15) is 9.90 Å². The first-order valence-corrected chi connectivity index (χ1v) is 6.86. The van der Waals surface area contributed by atoms with Crippen LogP contribution in [0, 0.1) is 5.92 Å².